The number of nitrogens with one attached hydrogen (secondary N) is 1. The molecule has 2 aliphatic rings. The molecule has 0 atom stereocenters. The van der Waals surface area contributed by atoms with Crippen LogP contribution in [0.5, 0.6) is 0 Å². The first-order chi connectivity index (χ1) is 13.6. The van der Waals surface area contributed by atoms with Crippen LogP contribution in [-0.4, -0.2) is 48.6 Å². The standard InChI is InChI=1S/C22H30N4O2/c1-17(2)8-11-23-21-24-19(18-6-4-3-5-7-18)16-20(25-21)26-12-9-22(10-13-26)27-14-15-28-22/h3-7,16-17H,8-15H2,1-2H3,(H,23,24,25). The molecule has 0 saturated carbocycles. The largest absolute Gasteiger partial charge is 0.356 e. The molecule has 0 amide bonds. The first-order valence-corrected chi connectivity index (χ1v) is 10.3. The fourth-order valence-corrected chi connectivity index (χ4v) is 3.77. The molecule has 4 rings (SSSR count). The van der Waals surface area contributed by atoms with Gasteiger partial charge in [-0.25, -0.2) is 4.98 Å². The highest BCUT2D eigenvalue weighted by atomic mass is 16.7. The number of rotatable bonds is 6. The number of nitrogens with zero attached hydrogens (tertiary/aromatic N) is 3. The van der Waals surface area contributed by atoms with E-state index in [9.17, 15) is 0 Å². The Morgan fingerprint density at radius 1 is 1.07 bits per heavy atom. The second kappa shape index (κ2) is 8.45. The predicted octanol–water partition coefficient (Wildman–Crippen LogP) is 3.94. The van der Waals surface area contributed by atoms with E-state index >= 15 is 0 Å². The summed E-state index contributed by atoms with van der Waals surface area (Å²) >= 11 is 0. The summed E-state index contributed by atoms with van der Waals surface area (Å²) in [6.07, 6.45) is 2.83. The molecular weight excluding hydrogens is 352 g/mol. The topological polar surface area (TPSA) is 59.5 Å². The molecule has 0 aliphatic carbocycles. The van der Waals surface area contributed by atoms with Gasteiger partial charge in [-0.05, 0) is 12.3 Å². The van der Waals surface area contributed by atoms with Crippen molar-refractivity contribution in [1.82, 2.24) is 9.97 Å². The molecule has 2 saturated heterocycles. The summed E-state index contributed by atoms with van der Waals surface area (Å²) in [5.41, 5.74) is 2.06. The number of benzene rings is 1. The minimum absolute atomic E-state index is 0.371. The lowest BCUT2D eigenvalue weighted by molar-refractivity contribution is -0.169. The Balaban J connectivity index is 1.55. The molecule has 2 fully saturated rings. The third kappa shape index (κ3) is 4.45. The minimum atomic E-state index is -0.371. The van der Waals surface area contributed by atoms with Crippen molar-refractivity contribution in [3.63, 3.8) is 0 Å². The maximum absolute atomic E-state index is 5.86. The van der Waals surface area contributed by atoms with Crippen molar-refractivity contribution in [2.45, 2.75) is 38.9 Å². The molecule has 1 N–H and O–H groups in total. The molecule has 6 heteroatoms. The average Bonchev–Trinajstić information content (AvgIpc) is 3.17. The van der Waals surface area contributed by atoms with Crippen molar-refractivity contribution in [3.05, 3.63) is 36.4 Å². The fraction of sp³-hybridized carbons (Fsp3) is 0.545. The molecule has 0 radical (unpaired) electrons. The molecule has 0 bridgehead atoms. The first-order valence-electron chi connectivity index (χ1n) is 10.3. The maximum atomic E-state index is 5.86. The number of ether oxygens (including phenoxy) is 2. The molecular formula is C22H30N4O2. The molecule has 1 aromatic heterocycles. The number of piperidine rings is 1. The van der Waals surface area contributed by atoms with Crippen LogP contribution in [0.25, 0.3) is 11.3 Å². The van der Waals surface area contributed by atoms with Crippen molar-refractivity contribution in [2.75, 3.05) is 43.1 Å². The second-order valence-corrected chi connectivity index (χ2v) is 8.00. The highest BCUT2D eigenvalue weighted by Gasteiger charge is 2.40. The molecule has 28 heavy (non-hydrogen) atoms. The van der Waals surface area contributed by atoms with Crippen LogP contribution in [0.2, 0.25) is 0 Å². The maximum Gasteiger partial charge on any atom is 0.225 e. The number of anilines is 2. The Bertz CT molecular complexity index is 765. The van der Waals surface area contributed by atoms with Gasteiger partial charge in [-0.2, -0.15) is 4.98 Å². The van der Waals surface area contributed by atoms with E-state index in [0.29, 0.717) is 25.1 Å². The molecule has 150 valence electrons. The number of hydrogen-bond acceptors (Lipinski definition) is 6. The zero-order valence-electron chi connectivity index (χ0n) is 16.9. The Morgan fingerprint density at radius 3 is 2.46 bits per heavy atom. The highest BCUT2D eigenvalue weighted by Crippen LogP contribution is 2.33. The molecule has 2 aliphatic heterocycles. The molecule has 1 aromatic carbocycles. The molecule has 1 spiro atoms. The predicted molar refractivity (Wildman–Crippen MR) is 111 cm³/mol. The Hall–Kier alpha value is -2.18. The van der Waals surface area contributed by atoms with Gasteiger partial charge in [0.2, 0.25) is 5.95 Å². The second-order valence-electron chi connectivity index (χ2n) is 8.00. The quantitative estimate of drug-likeness (QED) is 0.816. The van der Waals surface area contributed by atoms with Gasteiger partial charge in [-0.3, -0.25) is 0 Å². The van der Waals surface area contributed by atoms with E-state index in [2.05, 4.69) is 42.3 Å². The number of aromatic nitrogens is 2. The van der Waals surface area contributed by atoms with Crippen LogP contribution in [0, 0.1) is 5.92 Å². The van der Waals surface area contributed by atoms with Crippen LogP contribution in [-0.2, 0) is 9.47 Å². The van der Waals surface area contributed by atoms with E-state index in [1.54, 1.807) is 0 Å². The van der Waals surface area contributed by atoms with E-state index in [0.717, 1.165) is 56.0 Å². The lowest BCUT2D eigenvalue weighted by Crippen LogP contribution is -2.45. The van der Waals surface area contributed by atoms with Gasteiger partial charge in [0.15, 0.2) is 5.79 Å². The van der Waals surface area contributed by atoms with Crippen LogP contribution in [0.1, 0.15) is 33.1 Å². The van der Waals surface area contributed by atoms with Crippen molar-refractivity contribution >= 4 is 11.8 Å². The Morgan fingerprint density at radius 2 is 1.79 bits per heavy atom. The van der Waals surface area contributed by atoms with E-state index in [1.807, 2.05) is 18.2 Å². The molecule has 2 aromatic rings. The summed E-state index contributed by atoms with van der Waals surface area (Å²) in [4.78, 5) is 11.9. The SMILES string of the molecule is CC(C)CCNc1nc(-c2ccccc2)cc(N2CCC3(CC2)OCCO3)n1. The van der Waals surface area contributed by atoms with Crippen molar-refractivity contribution in [2.24, 2.45) is 5.92 Å². The van der Waals surface area contributed by atoms with Crippen LogP contribution in [0.3, 0.4) is 0 Å². The zero-order valence-corrected chi connectivity index (χ0v) is 16.9. The third-order valence-corrected chi connectivity index (χ3v) is 5.45. The van der Waals surface area contributed by atoms with Crippen LogP contribution < -0.4 is 10.2 Å². The Labute approximate surface area is 167 Å². The van der Waals surface area contributed by atoms with Gasteiger partial charge in [-0.1, -0.05) is 44.2 Å². The van der Waals surface area contributed by atoms with E-state index < -0.39 is 0 Å². The van der Waals surface area contributed by atoms with Crippen LogP contribution >= 0.6 is 0 Å². The summed E-state index contributed by atoms with van der Waals surface area (Å²) in [7, 11) is 0. The summed E-state index contributed by atoms with van der Waals surface area (Å²) in [5.74, 6) is 1.94. The Kier molecular flexibility index (Phi) is 5.78. The van der Waals surface area contributed by atoms with Gasteiger partial charge in [0.05, 0.1) is 18.9 Å². The van der Waals surface area contributed by atoms with Gasteiger partial charge in [0.25, 0.3) is 0 Å². The van der Waals surface area contributed by atoms with Gasteiger partial charge >= 0.3 is 0 Å². The lowest BCUT2D eigenvalue weighted by atomic mass is 10.0. The summed E-state index contributed by atoms with van der Waals surface area (Å²) < 4.78 is 11.7. The number of hydrogen-bond donors (Lipinski definition) is 1. The fourth-order valence-electron chi connectivity index (χ4n) is 3.77. The van der Waals surface area contributed by atoms with Crippen LogP contribution in [0.4, 0.5) is 11.8 Å². The van der Waals surface area contributed by atoms with Crippen molar-refractivity contribution < 1.29 is 9.47 Å². The van der Waals surface area contributed by atoms with E-state index in [1.165, 1.54) is 0 Å². The average molecular weight is 383 g/mol. The van der Waals surface area contributed by atoms with Gasteiger partial charge in [0, 0.05) is 44.1 Å². The van der Waals surface area contributed by atoms with Crippen molar-refractivity contribution in [3.8, 4) is 11.3 Å². The monoisotopic (exact) mass is 382 g/mol. The van der Waals surface area contributed by atoms with Crippen LogP contribution in [0.15, 0.2) is 36.4 Å². The normalized spacial score (nSPS) is 18.8. The third-order valence-electron chi connectivity index (χ3n) is 5.45. The smallest absolute Gasteiger partial charge is 0.225 e. The molecule has 6 nitrogen and oxygen atoms in total. The lowest BCUT2D eigenvalue weighted by Gasteiger charge is -2.38. The first kappa shape index (κ1) is 19.2. The molecule has 3 heterocycles. The van der Waals surface area contributed by atoms with Gasteiger partial charge < -0.3 is 19.7 Å². The van der Waals surface area contributed by atoms with Gasteiger partial charge in [-0.15, -0.1) is 0 Å². The van der Waals surface area contributed by atoms with Gasteiger partial charge in [0.1, 0.15) is 5.82 Å². The highest BCUT2D eigenvalue weighted by molar-refractivity contribution is 5.64. The summed E-state index contributed by atoms with van der Waals surface area (Å²) in [6.45, 7) is 8.48. The van der Waals surface area contributed by atoms with E-state index in [-0.39, 0.29) is 5.79 Å². The summed E-state index contributed by atoms with van der Waals surface area (Å²) in [6, 6.07) is 12.4. The summed E-state index contributed by atoms with van der Waals surface area (Å²) in [5, 5.41) is 3.42. The minimum Gasteiger partial charge on any atom is -0.356 e. The van der Waals surface area contributed by atoms with E-state index in [4.69, 9.17) is 19.4 Å². The van der Waals surface area contributed by atoms with Crippen molar-refractivity contribution in [1.29, 1.82) is 0 Å². The zero-order chi connectivity index (χ0) is 19.4. The molecule has 0 unspecified atom stereocenters.